The molecule has 65 valence electrons. The monoisotopic (exact) mass is 319 g/mol. The maximum atomic E-state index is 7.57. The normalized spacial score (nSPS) is 2.00. The third kappa shape index (κ3) is 146. The predicted molar refractivity (Wildman–Crippen MR) is 49.0 cm³/mol. The first-order chi connectivity index (χ1) is 1.41. The SMILES string of the molecule is CCO.Cl.Cl.Cl.Cl.Cl.[Nb]. The van der Waals surface area contributed by atoms with Gasteiger partial charge in [-0.05, 0) is 6.92 Å². The summed E-state index contributed by atoms with van der Waals surface area (Å²) in [6.45, 7) is 1.93. The first-order valence-electron chi connectivity index (χ1n) is 1.02. The van der Waals surface area contributed by atoms with Crippen LogP contribution >= 0.6 is 62.0 Å². The van der Waals surface area contributed by atoms with Crippen molar-refractivity contribution in [2.75, 3.05) is 6.61 Å². The van der Waals surface area contributed by atoms with Crippen molar-refractivity contribution in [2.24, 2.45) is 0 Å². The Morgan fingerprint density at radius 3 is 0.889 bits per heavy atom. The minimum atomic E-state index is 0. The van der Waals surface area contributed by atoms with Gasteiger partial charge in [0.05, 0.1) is 0 Å². The van der Waals surface area contributed by atoms with E-state index in [2.05, 4.69) is 0 Å². The fourth-order valence-corrected chi connectivity index (χ4v) is 0. The molecule has 0 aliphatic rings. The van der Waals surface area contributed by atoms with Crippen LogP contribution in [0.4, 0.5) is 0 Å². The molecule has 1 nitrogen and oxygen atoms in total. The first-order valence-corrected chi connectivity index (χ1v) is 1.02. The molecule has 0 fully saturated rings. The summed E-state index contributed by atoms with van der Waals surface area (Å²) in [5.74, 6) is 0. The maximum Gasteiger partial charge on any atom is 0.0402 e. The van der Waals surface area contributed by atoms with Gasteiger partial charge in [0.2, 0.25) is 0 Å². The Balaban J connectivity index is -0.00000000133. The molecular weight excluding hydrogens is 310 g/mol. The molecule has 0 atom stereocenters. The van der Waals surface area contributed by atoms with Gasteiger partial charge in [-0.2, -0.15) is 0 Å². The average Bonchev–Trinajstić information content (AvgIpc) is 0.918. The van der Waals surface area contributed by atoms with Gasteiger partial charge in [0, 0.05) is 29.0 Å². The number of hydrogen-bond donors (Lipinski definition) is 1. The summed E-state index contributed by atoms with van der Waals surface area (Å²) in [7, 11) is 0. The van der Waals surface area contributed by atoms with E-state index in [9.17, 15) is 0 Å². The molecule has 0 aliphatic heterocycles. The minimum absolute atomic E-state index is 0. The standard InChI is InChI=1S/C2H6O.5ClH.Nb/c1-2-3;;;;;;/h3H,2H2,1H3;5*1H;. The summed E-state index contributed by atoms with van der Waals surface area (Å²) < 4.78 is 0. The average molecular weight is 321 g/mol. The molecule has 0 heterocycles. The minimum Gasteiger partial charge on any atom is -0.397 e. The van der Waals surface area contributed by atoms with E-state index in [1.807, 2.05) is 0 Å². The van der Waals surface area contributed by atoms with E-state index in [1.165, 1.54) is 0 Å². The summed E-state index contributed by atoms with van der Waals surface area (Å²) in [6.07, 6.45) is 0. The van der Waals surface area contributed by atoms with Crippen molar-refractivity contribution in [1.82, 2.24) is 0 Å². The number of halogens is 5. The molecular formula is C2H11Cl5NbO. The largest absolute Gasteiger partial charge is 0.397 e. The first kappa shape index (κ1) is 66.7. The smallest absolute Gasteiger partial charge is 0.0402 e. The van der Waals surface area contributed by atoms with E-state index < -0.39 is 0 Å². The van der Waals surface area contributed by atoms with Crippen molar-refractivity contribution >= 4 is 62.0 Å². The van der Waals surface area contributed by atoms with E-state index >= 15 is 0 Å². The van der Waals surface area contributed by atoms with Crippen LogP contribution in [-0.2, 0) is 22.4 Å². The van der Waals surface area contributed by atoms with Gasteiger partial charge < -0.3 is 5.11 Å². The van der Waals surface area contributed by atoms with Gasteiger partial charge in [-0.3, -0.25) is 0 Å². The zero-order valence-corrected chi connectivity index (χ0v) is 10.9. The number of rotatable bonds is 0. The molecule has 0 rings (SSSR count). The fourth-order valence-electron chi connectivity index (χ4n) is 0. The molecule has 0 spiro atoms. The Hall–Kier alpha value is 2.15. The zero-order valence-electron chi connectivity index (χ0n) is 4.64. The van der Waals surface area contributed by atoms with Gasteiger partial charge in [0.15, 0.2) is 0 Å². The van der Waals surface area contributed by atoms with E-state index in [1.54, 1.807) is 6.92 Å². The summed E-state index contributed by atoms with van der Waals surface area (Å²) in [4.78, 5) is 0. The Bertz CT molecular complexity index is 14.9. The van der Waals surface area contributed by atoms with Crippen molar-refractivity contribution in [2.45, 2.75) is 6.92 Å². The van der Waals surface area contributed by atoms with E-state index in [0.717, 1.165) is 0 Å². The van der Waals surface area contributed by atoms with Gasteiger partial charge in [0.1, 0.15) is 0 Å². The molecule has 0 saturated carbocycles. The second-order valence-electron chi connectivity index (χ2n) is 0.316. The summed E-state index contributed by atoms with van der Waals surface area (Å²) in [6, 6.07) is 0. The van der Waals surface area contributed by atoms with Crippen molar-refractivity contribution < 1.29 is 27.5 Å². The third-order valence-electron chi connectivity index (χ3n) is 0. The maximum absolute atomic E-state index is 7.57. The van der Waals surface area contributed by atoms with E-state index in [0.29, 0.717) is 0 Å². The van der Waals surface area contributed by atoms with Crippen molar-refractivity contribution in [1.29, 1.82) is 0 Å². The molecule has 0 aromatic rings. The van der Waals surface area contributed by atoms with Crippen LogP contribution < -0.4 is 0 Å². The van der Waals surface area contributed by atoms with Crippen LogP contribution in [0.1, 0.15) is 6.92 Å². The fraction of sp³-hybridized carbons (Fsp3) is 1.00. The topological polar surface area (TPSA) is 20.2 Å². The number of aliphatic hydroxyl groups excluding tert-OH is 1. The van der Waals surface area contributed by atoms with Crippen LogP contribution in [0, 0.1) is 0 Å². The van der Waals surface area contributed by atoms with E-state index in [4.69, 9.17) is 5.11 Å². The molecule has 0 aliphatic carbocycles. The number of aliphatic hydroxyl groups is 1. The quantitative estimate of drug-likeness (QED) is 0.678. The van der Waals surface area contributed by atoms with Crippen molar-refractivity contribution in [3.63, 3.8) is 0 Å². The van der Waals surface area contributed by atoms with Gasteiger partial charge in [-0.15, -0.1) is 62.0 Å². The van der Waals surface area contributed by atoms with Gasteiger partial charge >= 0.3 is 0 Å². The Labute approximate surface area is 102 Å². The van der Waals surface area contributed by atoms with Crippen LogP contribution in [-0.4, -0.2) is 11.7 Å². The second-order valence-corrected chi connectivity index (χ2v) is 0.316. The predicted octanol–water partition coefficient (Wildman–Crippen LogP) is 2.11. The molecule has 0 amide bonds. The third-order valence-corrected chi connectivity index (χ3v) is 0. The van der Waals surface area contributed by atoms with Gasteiger partial charge in [-0.1, -0.05) is 0 Å². The van der Waals surface area contributed by atoms with Gasteiger partial charge in [-0.25, -0.2) is 0 Å². The van der Waals surface area contributed by atoms with E-state index in [-0.39, 0.29) is 91.0 Å². The summed E-state index contributed by atoms with van der Waals surface area (Å²) in [5, 5.41) is 7.57. The molecule has 0 bridgehead atoms. The van der Waals surface area contributed by atoms with Gasteiger partial charge in [0.25, 0.3) is 0 Å². The molecule has 0 aromatic carbocycles. The molecule has 1 radical (unpaired) electrons. The molecule has 1 N–H and O–H groups in total. The molecule has 0 saturated heterocycles. The molecule has 7 heteroatoms. The van der Waals surface area contributed by atoms with Crippen LogP contribution in [0.3, 0.4) is 0 Å². The summed E-state index contributed by atoms with van der Waals surface area (Å²) >= 11 is 0. The van der Waals surface area contributed by atoms with Crippen molar-refractivity contribution in [3.05, 3.63) is 0 Å². The van der Waals surface area contributed by atoms with Crippen LogP contribution in [0.5, 0.6) is 0 Å². The Morgan fingerprint density at radius 2 is 0.889 bits per heavy atom. The van der Waals surface area contributed by atoms with Crippen LogP contribution in [0.15, 0.2) is 0 Å². The van der Waals surface area contributed by atoms with Crippen molar-refractivity contribution in [3.8, 4) is 0 Å². The molecule has 0 aromatic heterocycles. The molecule has 9 heavy (non-hydrogen) atoms. The number of hydrogen-bond acceptors (Lipinski definition) is 1. The summed E-state index contributed by atoms with van der Waals surface area (Å²) in [5.41, 5.74) is 0. The zero-order chi connectivity index (χ0) is 2.71. The Morgan fingerprint density at radius 1 is 0.889 bits per heavy atom. The second kappa shape index (κ2) is 85.6. The van der Waals surface area contributed by atoms with Crippen LogP contribution in [0.25, 0.3) is 0 Å². The Kier molecular flexibility index (Phi) is 635. The van der Waals surface area contributed by atoms with Crippen LogP contribution in [0.2, 0.25) is 0 Å². The molecule has 0 unspecified atom stereocenters.